The molecule has 112 valence electrons. The zero-order chi connectivity index (χ0) is 14.4. The van der Waals surface area contributed by atoms with E-state index in [9.17, 15) is 0 Å². The maximum absolute atomic E-state index is 3.66. The minimum Gasteiger partial charge on any atom is -0.316 e. The lowest BCUT2D eigenvalue weighted by atomic mass is 9.71. The highest BCUT2D eigenvalue weighted by Gasteiger charge is 2.41. The molecule has 1 aromatic rings. The third kappa shape index (κ3) is 3.44. The fraction of sp³-hybridized carbons (Fsp3) is 0.684. The van der Waals surface area contributed by atoms with Crippen molar-refractivity contribution in [1.29, 1.82) is 0 Å². The highest BCUT2D eigenvalue weighted by Crippen LogP contribution is 2.45. The molecule has 0 heterocycles. The number of nitrogens with one attached hydrogen (secondary N) is 1. The zero-order valence-corrected chi connectivity index (χ0v) is 13.5. The molecular weight excluding hydrogens is 242 g/mol. The van der Waals surface area contributed by atoms with Crippen molar-refractivity contribution in [1.82, 2.24) is 5.32 Å². The fourth-order valence-corrected chi connectivity index (χ4v) is 4.04. The van der Waals surface area contributed by atoms with Crippen LogP contribution < -0.4 is 5.32 Å². The number of hydrogen-bond donors (Lipinski definition) is 1. The smallest absolute Gasteiger partial charge is 0.0161 e. The van der Waals surface area contributed by atoms with E-state index in [4.69, 9.17) is 0 Å². The molecule has 0 bridgehead atoms. The minimum atomic E-state index is 0.382. The van der Waals surface area contributed by atoms with Gasteiger partial charge < -0.3 is 5.32 Å². The van der Waals surface area contributed by atoms with Crippen LogP contribution in [0.25, 0.3) is 0 Å². The number of hydrogen-bond acceptors (Lipinski definition) is 1. The van der Waals surface area contributed by atoms with Gasteiger partial charge in [0.05, 0.1) is 0 Å². The van der Waals surface area contributed by atoms with Gasteiger partial charge in [-0.2, -0.15) is 0 Å². The van der Waals surface area contributed by atoms with Crippen LogP contribution in [0.1, 0.15) is 64.4 Å². The summed E-state index contributed by atoms with van der Waals surface area (Å²) < 4.78 is 0. The van der Waals surface area contributed by atoms with Gasteiger partial charge in [0.15, 0.2) is 0 Å². The molecule has 1 unspecified atom stereocenters. The van der Waals surface area contributed by atoms with Crippen LogP contribution in [0.2, 0.25) is 0 Å². The number of likely N-dealkylation sites (N-methyl/N-ethyl adjacent to an activating group) is 1. The van der Waals surface area contributed by atoms with Crippen molar-refractivity contribution in [2.45, 2.75) is 70.3 Å². The van der Waals surface area contributed by atoms with E-state index in [2.05, 4.69) is 56.5 Å². The molecule has 1 fully saturated rings. The molecule has 1 atom stereocenters. The van der Waals surface area contributed by atoms with E-state index in [1.54, 1.807) is 5.56 Å². The van der Waals surface area contributed by atoms with Crippen LogP contribution >= 0.6 is 0 Å². The van der Waals surface area contributed by atoms with Gasteiger partial charge in [-0.1, -0.05) is 69.9 Å². The molecule has 1 aliphatic carbocycles. The predicted octanol–water partition coefficient (Wildman–Crippen LogP) is 4.91. The van der Waals surface area contributed by atoms with Gasteiger partial charge >= 0.3 is 0 Å². The van der Waals surface area contributed by atoms with E-state index in [0.717, 1.165) is 5.92 Å². The van der Waals surface area contributed by atoms with Crippen LogP contribution in [0, 0.1) is 5.92 Å². The standard InChI is InChI=1S/C19H31N/c1-16(2)10-9-13-18(20-3)19(14-7-8-15-19)17-11-5-4-6-12-17/h4-6,11-12,16,18,20H,7-10,13-15H2,1-3H3. The molecule has 0 radical (unpaired) electrons. The highest BCUT2D eigenvalue weighted by molar-refractivity contribution is 5.29. The van der Waals surface area contributed by atoms with Crippen molar-refractivity contribution in [3.05, 3.63) is 35.9 Å². The van der Waals surface area contributed by atoms with Crippen molar-refractivity contribution < 1.29 is 0 Å². The van der Waals surface area contributed by atoms with Gasteiger partial charge in [-0.3, -0.25) is 0 Å². The van der Waals surface area contributed by atoms with E-state index in [1.165, 1.54) is 44.9 Å². The predicted molar refractivity (Wildman–Crippen MR) is 88.1 cm³/mol. The SMILES string of the molecule is CNC(CCCC(C)C)C1(c2ccccc2)CCCC1. The van der Waals surface area contributed by atoms with Gasteiger partial charge in [0, 0.05) is 11.5 Å². The molecule has 0 amide bonds. The molecule has 1 heteroatoms. The second-order valence-corrected chi connectivity index (χ2v) is 6.90. The normalized spacial score (nSPS) is 19.4. The van der Waals surface area contributed by atoms with Crippen LogP contribution in [0.15, 0.2) is 30.3 Å². The zero-order valence-electron chi connectivity index (χ0n) is 13.5. The lowest BCUT2D eigenvalue weighted by Gasteiger charge is -2.38. The Kier molecular flexibility index (Phi) is 5.65. The maximum atomic E-state index is 3.66. The van der Waals surface area contributed by atoms with Gasteiger partial charge in [-0.25, -0.2) is 0 Å². The molecular formula is C19H31N. The van der Waals surface area contributed by atoms with Crippen molar-refractivity contribution >= 4 is 0 Å². The van der Waals surface area contributed by atoms with Gasteiger partial charge in [0.2, 0.25) is 0 Å². The highest BCUT2D eigenvalue weighted by atomic mass is 14.9. The van der Waals surface area contributed by atoms with Crippen LogP contribution in [0.3, 0.4) is 0 Å². The van der Waals surface area contributed by atoms with Crippen LogP contribution in [0.4, 0.5) is 0 Å². The van der Waals surface area contributed by atoms with E-state index in [-0.39, 0.29) is 0 Å². The second kappa shape index (κ2) is 7.26. The first-order valence-electron chi connectivity index (χ1n) is 8.42. The topological polar surface area (TPSA) is 12.0 Å². The molecule has 20 heavy (non-hydrogen) atoms. The van der Waals surface area contributed by atoms with E-state index >= 15 is 0 Å². The van der Waals surface area contributed by atoms with Crippen molar-refractivity contribution in [3.63, 3.8) is 0 Å². The van der Waals surface area contributed by atoms with Crippen molar-refractivity contribution in [2.75, 3.05) is 7.05 Å². The largest absolute Gasteiger partial charge is 0.316 e. The Labute approximate surface area is 125 Å². The van der Waals surface area contributed by atoms with Gasteiger partial charge in [-0.15, -0.1) is 0 Å². The van der Waals surface area contributed by atoms with E-state index in [0.29, 0.717) is 11.5 Å². The van der Waals surface area contributed by atoms with E-state index in [1.807, 2.05) is 0 Å². The summed E-state index contributed by atoms with van der Waals surface area (Å²) in [5.74, 6) is 0.823. The summed E-state index contributed by atoms with van der Waals surface area (Å²) in [5.41, 5.74) is 1.94. The van der Waals surface area contributed by atoms with Gasteiger partial charge in [0.25, 0.3) is 0 Å². The van der Waals surface area contributed by atoms with Crippen LogP contribution in [-0.2, 0) is 5.41 Å². The van der Waals surface area contributed by atoms with Gasteiger partial charge in [-0.05, 0) is 37.8 Å². The quantitative estimate of drug-likeness (QED) is 0.744. The molecule has 0 aliphatic heterocycles. The maximum Gasteiger partial charge on any atom is 0.0161 e. The molecule has 1 aromatic carbocycles. The lowest BCUT2D eigenvalue weighted by Crippen LogP contribution is -2.45. The number of benzene rings is 1. The Balaban J connectivity index is 2.13. The molecule has 0 aromatic heterocycles. The summed E-state index contributed by atoms with van der Waals surface area (Å²) in [6.45, 7) is 4.66. The van der Waals surface area contributed by atoms with Gasteiger partial charge in [0.1, 0.15) is 0 Å². The first-order valence-corrected chi connectivity index (χ1v) is 8.42. The monoisotopic (exact) mass is 273 g/mol. The summed E-state index contributed by atoms with van der Waals surface area (Å²) in [5, 5.41) is 3.66. The molecule has 1 aliphatic rings. The Morgan fingerprint density at radius 2 is 1.70 bits per heavy atom. The fourth-order valence-electron chi connectivity index (χ4n) is 4.04. The Morgan fingerprint density at radius 1 is 1.05 bits per heavy atom. The Hall–Kier alpha value is -0.820. The molecule has 1 saturated carbocycles. The third-order valence-corrected chi connectivity index (χ3v) is 5.13. The van der Waals surface area contributed by atoms with E-state index < -0.39 is 0 Å². The van der Waals surface area contributed by atoms with Crippen LogP contribution in [0.5, 0.6) is 0 Å². The minimum absolute atomic E-state index is 0.382. The average Bonchev–Trinajstić information content (AvgIpc) is 2.95. The summed E-state index contributed by atoms with van der Waals surface area (Å²) in [6.07, 6.45) is 9.48. The molecule has 2 rings (SSSR count). The second-order valence-electron chi connectivity index (χ2n) is 6.90. The summed E-state index contributed by atoms with van der Waals surface area (Å²) in [4.78, 5) is 0. The Bertz CT molecular complexity index is 376. The lowest BCUT2D eigenvalue weighted by molar-refractivity contribution is 0.284. The molecule has 1 nitrogen and oxygen atoms in total. The first kappa shape index (κ1) is 15.6. The third-order valence-electron chi connectivity index (χ3n) is 5.13. The summed E-state index contributed by atoms with van der Waals surface area (Å²) in [7, 11) is 2.16. The summed E-state index contributed by atoms with van der Waals surface area (Å²) in [6, 6.07) is 11.9. The first-order chi connectivity index (χ1) is 9.69. The molecule has 0 saturated heterocycles. The van der Waals surface area contributed by atoms with Crippen LogP contribution in [-0.4, -0.2) is 13.1 Å². The van der Waals surface area contributed by atoms with Crippen molar-refractivity contribution in [2.24, 2.45) is 5.92 Å². The molecule has 0 spiro atoms. The number of rotatable bonds is 7. The Morgan fingerprint density at radius 3 is 2.25 bits per heavy atom. The summed E-state index contributed by atoms with van der Waals surface area (Å²) >= 11 is 0. The average molecular weight is 273 g/mol. The van der Waals surface area contributed by atoms with Crippen molar-refractivity contribution in [3.8, 4) is 0 Å². The molecule has 1 N–H and O–H groups in total.